The molecule has 66 valence electrons. The fraction of sp³-hybridized carbons (Fsp3) is 0.875. The fourth-order valence-electron chi connectivity index (χ4n) is 1.09. The first kappa shape index (κ1) is 10.4. The molecule has 0 bridgehead atoms. The molecular weight excluding hydrogens is 142 g/mol. The Hall–Kier alpha value is -0.570. The van der Waals surface area contributed by atoms with Crippen molar-refractivity contribution in [1.82, 2.24) is 5.32 Å². The number of carbonyl (C=O) groups is 1. The van der Waals surface area contributed by atoms with E-state index >= 15 is 0 Å². The van der Waals surface area contributed by atoms with Crippen LogP contribution in [-0.4, -0.2) is 24.7 Å². The first-order valence-corrected chi connectivity index (χ1v) is 3.95. The maximum Gasteiger partial charge on any atom is 0.307 e. The summed E-state index contributed by atoms with van der Waals surface area (Å²) in [5.74, 6) is -0.488. The van der Waals surface area contributed by atoms with Gasteiger partial charge in [0.05, 0.1) is 5.92 Å². The summed E-state index contributed by atoms with van der Waals surface area (Å²) in [4.78, 5) is 10.6. The Labute approximate surface area is 67.8 Å². The molecule has 0 aromatic carbocycles. The number of rotatable bonds is 5. The van der Waals surface area contributed by atoms with E-state index in [4.69, 9.17) is 5.11 Å². The van der Waals surface area contributed by atoms with Crippen LogP contribution in [0.3, 0.4) is 0 Å². The van der Waals surface area contributed by atoms with Crippen molar-refractivity contribution in [2.24, 2.45) is 11.8 Å². The third kappa shape index (κ3) is 4.79. The molecule has 11 heavy (non-hydrogen) atoms. The van der Waals surface area contributed by atoms with Gasteiger partial charge in [0.15, 0.2) is 0 Å². The summed E-state index contributed by atoms with van der Waals surface area (Å²) >= 11 is 0. The first-order chi connectivity index (χ1) is 5.07. The van der Waals surface area contributed by atoms with Gasteiger partial charge in [0.2, 0.25) is 0 Å². The lowest BCUT2D eigenvalue weighted by Gasteiger charge is -2.13. The molecule has 0 spiro atoms. The van der Waals surface area contributed by atoms with E-state index in [1.165, 1.54) is 0 Å². The predicted molar refractivity (Wildman–Crippen MR) is 44.5 cm³/mol. The Kier molecular flexibility index (Phi) is 4.86. The van der Waals surface area contributed by atoms with Gasteiger partial charge in [-0.25, -0.2) is 0 Å². The van der Waals surface area contributed by atoms with Crippen LogP contribution in [0.4, 0.5) is 0 Å². The van der Waals surface area contributed by atoms with Gasteiger partial charge in [-0.2, -0.15) is 0 Å². The Bertz CT molecular complexity index is 123. The minimum atomic E-state index is -0.701. The second-order valence-corrected chi connectivity index (χ2v) is 3.22. The molecule has 0 radical (unpaired) electrons. The molecule has 0 aromatic heterocycles. The maximum absolute atomic E-state index is 10.6. The minimum absolute atomic E-state index is 0.236. The Morgan fingerprint density at radius 2 is 2.09 bits per heavy atom. The SMILES string of the molecule is CNCC(CC(C)C)C(=O)O. The number of carboxylic acids is 1. The van der Waals surface area contributed by atoms with Crippen molar-refractivity contribution >= 4 is 5.97 Å². The smallest absolute Gasteiger partial charge is 0.307 e. The van der Waals surface area contributed by atoms with Crippen molar-refractivity contribution in [3.05, 3.63) is 0 Å². The van der Waals surface area contributed by atoms with Crippen molar-refractivity contribution in [1.29, 1.82) is 0 Å². The lowest BCUT2D eigenvalue weighted by Crippen LogP contribution is -2.27. The molecule has 0 heterocycles. The minimum Gasteiger partial charge on any atom is -0.481 e. The molecule has 0 aliphatic heterocycles. The molecule has 2 N–H and O–H groups in total. The highest BCUT2D eigenvalue weighted by molar-refractivity contribution is 5.70. The summed E-state index contributed by atoms with van der Waals surface area (Å²) in [5.41, 5.74) is 0. The van der Waals surface area contributed by atoms with Gasteiger partial charge in [-0.05, 0) is 19.4 Å². The second-order valence-electron chi connectivity index (χ2n) is 3.22. The van der Waals surface area contributed by atoms with Crippen LogP contribution in [0.1, 0.15) is 20.3 Å². The highest BCUT2D eigenvalue weighted by atomic mass is 16.4. The quantitative estimate of drug-likeness (QED) is 0.628. The monoisotopic (exact) mass is 159 g/mol. The molecule has 1 atom stereocenters. The van der Waals surface area contributed by atoms with E-state index < -0.39 is 5.97 Å². The Morgan fingerprint density at radius 3 is 2.36 bits per heavy atom. The zero-order chi connectivity index (χ0) is 8.85. The van der Waals surface area contributed by atoms with Crippen LogP contribution in [0.5, 0.6) is 0 Å². The van der Waals surface area contributed by atoms with Crippen LogP contribution < -0.4 is 5.32 Å². The third-order valence-corrected chi connectivity index (χ3v) is 1.56. The lowest BCUT2D eigenvalue weighted by atomic mass is 9.97. The van der Waals surface area contributed by atoms with Gasteiger partial charge < -0.3 is 10.4 Å². The summed E-state index contributed by atoms with van der Waals surface area (Å²) in [5, 5.41) is 11.6. The molecule has 1 unspecified atom stereocenters. The summed E-state index contributed by atoms with van der Waals surface area (Å²) < 4.78 is 0. The third-order valence-electron chi connectivity index (χ3n) is 1.56. The van der Waals surface area contributed by atoms with E-state index in [0.717, 1.165) is 6.42 Å². The Balaban J connectivity index is 3.79. The zero-order valence-electron chi connectivity index (χ0n) is 7.42. The summed E-state index contributed by atoms with van der Waals surface area (Å²) in [6.45, 7) is 4.63. The van der Waals surface area contributed by atoms with Crippen LogP contribution in [0.2, 0.25) is 0 Å². The second kappa shape index (κ2) is 5.13. The molecule has 0 aliphatic carbocycles. The lowest BCUT2D eigenvalue weighted by molar-refractivity contribution is -0.142. The van der Waals surface area contributed by atoms with Crippen LogP contribution in [0, 0.1) is 11.8 Å². The average molecular weight is 159 g/mol. The van der Waals surface area contributed by atoms with Crippen molar-refractivity contribution in [3.63, 3.8) is 0 Å². The molecule has 0 aromatic rings. The maximum atomic E-state index is 10.6. The van der Waals surface area contributed by atoms with Crippen molar-refractivity contribution in [2.75, 3.05) is 13.6 Å². The first-order valence-electron chi connectivity index (χ1n) is 3.95. The number of hydrogen-bond acceptors (Lipinski definition) is 2. The molecule has 3 heteroatoms. The molecule has 0 amide bonds. The topological polar surface area (TPSA) is 49.3 Å². The average Bonchev–Trinajstić information content (AvgIpc) is 1.86. The molecule has 0 fully saturated rings. The number of nitrogens with one attached hydrogen (secondary N) is 1. The van der Waals surface area contributed by atoms with Gasteiger partial charge in [0, 0.05) is 6.54 Å². The fourth-order valence-corrected chi connectivity index (χ4v) is 1.09. The summed E-state index contributed by atoms with van der Waals surface area (Å²) in [6, 6.07) is 0. The molecule has 0 aliphatic rings. The van der Waals surface area contributed by atoms with Crippen LogP contribution in [-0.2, 0) is 4.79 Å². The highest BCUT2D eigenvalue weighted by Gasteiger charge is 2.17. The van der Waals surface area contributed by atoms with E-state index in [-0.39, 0.29) is 5.92 Å². The molecular formula is C8H17NO2. The van der Waals surface area contributed by atoms with Crippen LogP contribution >= 0.6 is 0 Å². The van der Waals surface area contributed by atoms with Gasteiger partial charge in [0.25, 0.3) is 0 Å². The number of aliphatic carboxylic acids is 1. The molecule has 0 saturated carbocycles. The van der Waals surface area contributed by atoms with Crippen molar-refractivity contribution in [3.8, 4) is 0 Å². The zero-order valence-corrected chi connectivity index (χ0v) is 7.42. The standard InChI is InChI=1S/C8H17NO2/c1-6(2)4-7(5-9-3)8(10)11/h6-7,9H,4-5H2,1-3H3,(H,10,11). The van der Waals surface area contributed by atoms with Gasteiger partial charge in [0.1, 0.15) is 0 Å². The molecule has 0 rings (SSSR count). The summed E-state index contributed by atoms with van der Waals surface area (Å²) in [6.07, 6.45) is 0.746. The van der Waals surface area contributed by atoms with E-state index in [1.807, 2.05) is 13.8 Å². The molecule has 3 nitrogen and oxygen atoms in total. The molecule has 0 saturated heterocycles. The predicted octanol–water partition coefficient (Wildman–Crippen LogP) is 0.953. The van der Waals surface area contributed by atoms with Crippen molar-refractivity contribution in [2.45, 2.75) is 20.3 Å². The van der Waals surface area contributed by atoms with E-state index in [1.54, 1.807) is 7.05 Å². The van der Waals surface area contributed by atoms with Gasteiger partial charge in [-0.1, -0.05) is 13.8 Å². The summed E-state index contributed by atoms with van der Waals surface area (Å²) in [7, 11) is 1.77. The van der Waals surface area contributed by atoms with Gasteiger partial charge in [-0.15, -0.1) is 0 Å². The van der Waals surface area contributed by atoms with Crippen molar-refractivity contribution < 1.29 is 9.90 Å². The van der Waals surface area contributed by atoms with Gasteiger partial charge in [-0.3, -0.25) is 4.79 Å². The number of carboxylic acid groups (broad SMARTS) is 1. The van der Waals surface area contributed by atoms with E-state index in [0.29, 0.717) is 12.5 Å². The van der Waals surface area contributed by atoms with Crippen LogP contribution in [0.15, 0.2) is 0 Å². The Morgan fingerprint density at radius 1 is 1.55 bits per heavy atom. The normalized spacial score (nSPS) is 13.5. The van der Waals surface area contributed by atoms with Crippen LogP contribution in [0.25, 0.3) is 0 Å². The highest BCUT2D eigenvalue weighted by Crippen LogP contribution is 2.10. The number of hydrogen-bond donors (Lipinski definition) is 2. The van der Waals surface area contributed by atoms with E-state index in [2.05, 4.69) is 5.32 Å². The van der Waals surface area contributed by atoms with Gasteiger partial charge >= 0.3 is 5.97 Å². The largest absolute Gasteiger partial charge is 0.481 e. The van der Waals surface area contributed by atoms with E-state index in [9.17, 15) is 4.79 Å².